The van der Waals surface area contributed by atoms with Crippen LogP contribution in [0.25, 0.3) is 0 Å². The zero-order valence-corrected chi connectivity index (χ0v) is 12.5. The average Bonchev–Trinajstić information content (AvgIpc) is 2.44. The van der Waals surface area contributed by atoms with Gasteiger partial charge >= 0.3 is 0 Å². The van der Waals surface area contributed by atoms with Gasteiger partial charge in [-0.05, 0) is 49.4 Å². The highest BCUT2D eigenvalue weighted by Gasteiger charge is 2.18. The van der Waals surface area contributed by atoms with Crippen molar-refractivity contribution in [3.8, 4) is 0 Å². The van der Waals surface area contributed by atoms with Crippen LogP contribution in [0.3, 0.4) is 0 Å². The van der Waals surface area contributed by atoms with Gasteiger partial charge in [0, 0.05) is 6.04 Å². The lowest BCUT2D eigenvalue weighted by atomic mass is 9.81. The van der Waals surface area contributed by atoms with Crippen molar-refractivity contribution in [1.82, 2.24) is 5.32 Å². The standard InChI is InChI=1S/C17H25F2N/c1-12-3-5-14(6-4-12)9-10-20-13(2)15-7-8-16(18)17(19)11-15/h7-8,11-14,20H,3-6,9-10H2,1-2H3. The Balaban J connectivity index is 1.74. The lowest BCUT2D eigenvalue weighted by Gasteiger charge is -2.26. The van der Waals surface area contributed by atoms with E-state index in [4.69, 9.17) is 0 Å². The number of nitrogens with one attached hydrogen (secondary N) is 1. The summed E-state index contributed by atoms with van der Waals surface area (Å²) in [5.41, 5.74) is 0.807. The summed E-state index contributed by atoms with van der Waals surface area (Å²) in [5.74, 6) is 0.172. The molecule has 1 nitrogen and oxygen atoms in total. The highest BCUT2D eigenvalue weighted by Crippen LogP contribution is 2.30. The zero-order chi connectivity index (χ0) is 14.5. The van der Waals surface area contributed by atoms with Gasteiger partial charge in [0.05, 0.1) is 0 Å². The molecule has 0 heterocycles. The summed E-state index contributed by atoms with van der Waals surface area (Å²) < 4.78 is 26.1. The molecule has 112 valence electrons. The minimum Gasteiger partial charge on any atom is -0.310 e. The third kappa shape index (κ3) is 4.27. The molecule has 0 bridgehead atoms. The highest BCUT2D eigenvalue weighted by atomic mass is 19.2. The Morgan fingerprint density at radius 1 is 1.15 bits per heavy atom. The fraction of sp³-hybridized carbons (Fsp3) is 0.647. The summed E-state index contributed by atoms with van der Waals surface area (Å²) >= 11 is 0. The topological polar surface area (TPSA) is 12.0 Å². The number of hydrogen-bond acceptors (Lipinski definition) is 1. The summed E-state index contributed by atoms with van der Waals surface area (Å²) in [4.78, 5) is 0. The van der Waals surface area contributed by atoms with Crippen LogP contribution in [-0.4, -0.2) is 6.54 Å². The van der Waals surface area contributed by atoms with Gasteiger partial charge in [0.15, 0.2) is 11.6 Å². The molecule has 20 heavy (non-hydrogen) atoms. The third-order valence-electron chi connectivity index (χ3n) is 4.58. The van der Waals surface area contributed by atoms with E-state index < -0.39 is 11.6 Å². The van der Waals surface area contributed by atoms with Crippen molar-refractivity contribution in [3.63, 3.8) is 0 Å². The average molecular weight is 281 g/mol. The fourth-order valence-corrected chi connectivity index (χ4v) is 3.02. The molecule has 2 rings (SSSR count). The van der Waals surface area contributed by atoms with Crippen LogP contribution in [0.15, 0.2) is 18.2 Å². The Hall–Kier alpha value is -0.960. The van der Waals surface area contributed by atoms with E-state index in [9.17, 15) is 8.78 Å². The van der Waals surface area contributed by atoms with Crippen molar-refractivity contribution < 1.29 is 8.78 Å². The minimum atomic E-state index is -0.780. The second kappa shape index (κ2) is 7.16. The van der Waals surface area contributed by atoms with E-state index in [0.717, 1.165) is 23.9 Å². The Morgan fingerprint density at radius 2 is 1.85 bits per heavy atom. The Bertz CT molecular complexity index is 425. The molecule has 0 spiro atoms. The molecule has 1 saturated carbocycles. The maximum Gasteiger partial charge on any atom is 0.159 e. The van der Waals surface area contributed by atoms with Gasteiger partial charge in [-0.3, -0.25) is 0 Å². The summed E-state index contributed by atoms with van der Waals surface area (Å²) in [5, 5.41) is 3.41. The quantitative estimate of drug-likeness (QED) is 0.815. The summed E-state index contributed by atoms with van der Waals surface area (Å²) in [6.07, 6.45) is 6.55. The molecule has 0 aliphatic heterocycles. The molecular weight excluding hydrogens is 256 g/mol. The lowest BCUT2D eigenvalue weighted by molar-refractivity contribution is 0.273. The van der Waals surface area contributed by atoms with Crippen LogP contribution in [0.4, 0.5) is 8.78 Å². The van der Waals surface area contributed by atoms with E-state index in [1.165, 1.54) is 44.2 Å². The normalized spacial score (nSPS) is 24.6. The molecule has 0 amide bonds. The number of benzene rings is 1. The number of hydrogen-bond donors (Lipinski definition) is 1. The maximum atomic E-state index is 13.2. The van der Waals surface area contributed by atoms with Crippen LogP contribution in [0.1, 0.15) is 57.6 Å². The molecule has 0 aromatic heterocycles. The second-order valence-electron chi connectivity index (χ2n) is 6.26. The van der Waals surface area contributed by atoms with E-state index in [-0.39, 0.29) is 6.04 Å². The molecule has 1 unspecified atom stereocenters. The number of halogens is 2. The van der Waals surface area contributed by atoms with Crippen molar-refractivity contribution in [2.45, 2.75) is 52.0 Å². The third-order valence-corrected chi connectivity index (χ3v) is 4.58. The van der Waals surface area contributed by atoms with Gasteiger partial charge in [-0.2, -0.15) is 0 Å². The first-order valence-corrected chi connectivity index (χ1v) is 7.74. The summed E-state index contributed by atoms with van der Waals surface area (Å²) in [7, 11) is 0. The van der Waals surface area contributed by atoms with Gasteiger partial charge in [-0.25, -0.2) is 8.78 Å². The Kier molecular flexibility index (Phi) is 5.53. The highest BCUT2D eigenvalue weighted by molar-refractivity contribution is 5.20. The molecule has 0 radical (unpaired) electrons. The predicted molar refractivity (Wildman–Crippen MR) is 78.5 cm³/mol. The molecule has 1 atom stereocenters. The number of rotatable bonds is 5. The van der Waals surface area contributed by atoms with Crippen LogP contribution >= 0.6 is 0 Å². The van der Waals surface area contributed by atoms with Gasteiger partial charge in [-0.15, -0.1) is 0 Å². The van der Waals surface area contributed by atoms with Crippen molar-refractivity contribution in [1.29, 1.82) is 0 Å². The zero-order valence-electron chi connectivity index (χ0n) is 12.5. The lowest BCUT2D eigenvalue weighted by Crippen LogP contribution is -2.23. The molecule has 3 heteroatoms. The molecule has 1 aromatic rings. The van der Waals surface area contributed by atoms with Gasteiger partial charge in [0.2, 0.25) is 0 Å². The van der Waals surface area contributed by atoms with Gasteiger partial charge in [-0.1, -0.05) is 38.7 Å². The van der Waals surface area contributed by atoms with Gasteiger partial charge < -0.3 is 5.32 Å². The van der Waals surface area contributed by atoms with Crippen LogP contribution in [0.5, 0.6) is 0 Å². The summed E-state index contributed by atoms with van der Waals surface area (Å²) in [6.45, 7) is 5.27. The van der Waals surface area contributed by atoms with Gasteiger partial charge in [0.1, 0.15) is 0 Å². The van der Waals surface area contributed by atoms with E-state index in [1.807, 2.05) is 6.92 Å². The molecule has 0 saturated heterocycles. The molecule has 1 aromatic carbocycles. The van der Waals surface area contributed by atoms with Crippen LogP contribution in [0.2, 0.25) is 0 Å². The SMILES string of the molecule is CC1CCC(CCNC(C)c2ccc(F)c(F)c2)CC1. The first-order chi connectivity index (χ1) is 9.56. The van der Waals surface area contributed by atoms with Crippen LogP contribution < -0.4 is 5.32 Å². The van der Waals surface area contributed by atoms with Crippen LogP contribution in [0, 0.1) is 23.5 Å². The molecular formula is C17H25F2N. The monoisotopic (exact) mass is 281 g/mol. The van der Waals surface area contributed by atoms with E-state index >= 15 is 0 Å². The molecule has 1 fully saturated rings. The smallest absolute Gasteiger partial charge is 0.159 e. The van der Waals surface area contributed by atoms with E-state index in [0.29, 0.717) is 0 Å². The van der Waals surface area contributed by atoms with Gasteiger partial charge in [0.25, 0.3) is 0 Å². The Labute approximate surface area is 120 Å². The predicted octanol–water partition coefficient (Wildman–Crippen LogP) is 4.83. The van der Waals surface area contributed by atoms with E-state index in [1.54, 1.807) is 6.07 Å². The Morgan fingerprint density at radius 3 is 2.50 bits per heavy atom. The van der Waals surface area contributed by atoms with E-state index in [2.05, 4.69) is 12.2 Å². The van der Waals surface area contributed by atoms with Crippen molar-refractivity contribution in [2.24, 2.45) is 11.8 Å². The maximum absolute atomic E-state index is 13.2. The minimum absolute atomic E-state index is 0.0626. The molecule has 1 aliphatic carbocycles. The molecule has 1 N–H and O–H groups in total. The largest absolute Gasteiger partial charge is 0.310 e. The summed E-state index contributed by atoms with van der Waals surface area (Å²) in [6, 6.07) is 4.20. The molecule has 1 aliphatic rings. The first-order valence-electron chi connectivity index (χ1n) is 7.74. The van der Waals surface area contributed by atoms with Crippen molar-refractivity contribution in [2.75, 3.05) is 6.54 Å². The first kappa shape index (κ1) is 15.4. The van der Waals surface area contributed by atoms with Crippen molar-refractivity contribution in [3.05, 3.63) is 35.4 Å². The fourth-order valence-electron chi connectivity index (χ4n) is 3.02. The second-order valence-corrected chi connectivity index (χ2v) is 6.26. The van der Waals surface area contributed by atoms with Crippen molar-refractivity contribution >= 4 is 0 Å². The van der Waals surface area contributed by atoms with Crippen LogP contribution in [-0.2, 0) is 0 Å².